The fourth-order valence-electron chi connectivity index (χ4n) is 4.01. The molecule has 2 aromatic rings. The maximum absolute atomic E-state index is 14.1. The average molecular weight is 416 g/mol. The maximum atomic E-state index is 14.1. The first-order valence-corrected chi connectivity index (χ1v) is 10.1. The average Bonchev–Trinajstić information content (AvgIpc) is 3.20. The Bertz CT molecular complexity index is 939. The third-order valence-electron chi connectivity index (χ3n) is 5.68. The molecule has 0 aliphatic carbocycles. The van der Waals surface area contributed by atoms with Gasteiger partial charge in [-0.2, -0.15) is 5.10 Å². The Kier molecular flexibility index (Phi) is 5.98. The van der Waals surface area contributed by atoms with E-state index in [9.17, 15) is 14.0 Å². The van der Waals surface area contributed by atoms with Crippen LogP contribution in [0.25, 0.3) is 0 Å². The highest BCUT2D eigenvalue weighted by Gasteiger charge is 2.29. The van der Waals surface area contributed by atoms with Crippen molar-refractivity contribution in [3.05, 3.63) is 47.0 Å². The summed E-state index contributed by atoms with van der Waals surface area (Å²) in [7, 11) is 1.40. The maximum Gasteiger partial charge on any atom is 0.258 e. The molecule has 8 nitrogen and oxygen atoms in total. The van der Waals surface area contributed by atoms with Crippen molar-refractivity contribution < 1.29 is 23.5 Å². The van der Waals surface area contributed by atoms with E-state index in [0.29, 0.717) is 51.4 Å². The van der Waals surface area contributed by atoms with E-state index in [4.69, 9.17) is 9.47 Å². The minimum atomic E-state index is -0.619. The van der Waals surface area contributed by atoms with Crippen LogP contribution in [0.1, 0.15) is 32.8 Å². The number of nitrogens with zero attached hydrogens (tertiary/aromatic N) is 3. The molecule has 1 N–H and O–H groups in total. The molecule has 2 amide bonds. The summed E-state index contributed by atoms with van der Waals surface area (Å²) < 4.78 is 26.4. The van der Waals surface area contributed by atoms with Gasteiger partial charge in [-0.25, -0.2) is 4.39 Å². The lowest BCUT2D eigenvalue weighted by molar-refractivity contribution is 0.0301. The van der Waals surface area contributed by atoms with Crippen LogP contribution < -0.4 is 10.1 Å². The molecule has 0 bridgehead atoms. The summed E-state index contributed by atoms with van der Waals surface area (Å²) in [6.45, 7) is 3.30. The summed E-state index contributed by atoms with van der Waals surface area (Å²) in [4.78, 5) is 27.2. The molecule has 1 aromatic carbocycles. The van der Waals surface area contributed by atoms with E-state index >= 15 is 0 Å². The van der Waals surface area contributed by atoms with Crippen LogP contribution in [0.2, 0.25) is 0 Å². The van der Waals surface area contributed by atoms with E-state index in [-0.39, 0.29) is 23.1 Å². The van der Waals surface area contributed by atoms with Crippen LogP contribution in [-0.2, 0) is 17.7 Å². The summed E-state index contributed by atoms with van der Waals surface area (Å²) in [5, 5.41) is 7.19. The van der Waals surface area contributed by atoms with Crippen LogP contribution >= 0.6 is 0 Å². The van der Waals surface area contributed by atoms with Crippen LogP contribution in [0.3, 0.4) is 0 Å². The van der Waals surface area contributed by atoms with Crippen molar-refractivity contribution in [1.82, 2.24) is 20.0 Å². The summed E-state index contributed by atoms with van der Waals surface area (Å²) in [6, 6.07) is 4.29. The van der Waals surface area contributed by atoms with Crippen molar-refractivity contribution in [1.29, 1.82) is 0 Å². The highest BCUT2D eigenvalue weighted by molar-refractivity contribution is 5.97. The number of hydrogen-bond donors (Lipinski definition) is 1. The van der Waals surface area contributed by atoms with Crippen molar-refractivity contribution in [3.63, 3.8) is 0 Å². The van der Waals surface area contributed by atoms with Crippen LogP contribution in [0.4, 0.5) is 4.39 Å². The number of fused-ring (bicyclic) bond motifs is 1. The van der Waals surface area contributed by atoms with Crippen LogP contribution in [-0.4, -0.2) is 66.5 Å². The number of nitrogens with one attached hydrogen (secondary N) is 1. The van der Waals surface area contributed by atoms with Crippen molar-refractivity contribution in [2.75, 3.05) is 40.0 Å². The predicted molar refractivity (Wildman–Crippen MR) is 106 cm³/mol. The van der Waals surface area contributed by atoms with Gasteiger partial charge in [-0.05, 0) is 30.9 Å². The van der Waals surface area contributed by atoms with E-state index in [0.717, 1.165) is 12.1 Å². The molecule has 9 heteroatoms. The van der Waals surface area contributed by atoms with Gasteiger partial charge in [-0.15, -0.1) is 0 Å². The lowest BCUT2D eigenvalue weighted by Crippen LogP contribution is -2.41. The molecule has 0 spiro atoms. The molecular weight excluding hydrogens is 391 g/mol. The van der Waals surface area contributed by atoms with Crippen molar-refractivity contribution in [3.8, 4) is 5.75 Å². The molecule has 2 aliphatic rings. The number of rotatable bonds is 5. The molecular formula is C21H25FN4O4. The third kappa shape index (κ3) is 4.02. The largest absolute Gasteiger partial charge is 0.496 e. The second-order valence-electron chi connectivity index (χ2n) is 7.52. The Morgan fingerprint density at radius 1 is 1.30 bits per heavy atom. The van der Waals surface area contributed by atoms with E-state index in [2.05, 4.69) is 10.4 Å². The SMILES string of the molecule is COc1cccc(F)c1C(=O)NCC1CCn2ncc(C(=O)N3CCOCC3)c2C1. The highest BCUT2D eigenvalue weighted by atomic mass is 19.1. The lowest BCUT2D eigenvalue weighted by atomic mass is 9.94. The van der Waals surface area contributed by atoms with Gasteiger partial charge in [-0.3, -0.25) is 14.3 Å². The smallest absolute Gasteiger partial charge is 0.258 e. The molecule has 2 aliphatic heterocycles. The molecule has 3 heterocycles. The molecule has 1 saturated heterocycles. The topological polar surface area (TPSA) is 85.7 Å². The first-order valence-electron chi connectivity index (χ1n) is 10.1. The molecule has 1 atom stereocenters. The molecule has 0 radical (unpaired) electrons. The monoisotopic (exact) mass is 416 g/mol. The zero-order chi connectivity index (χ0) is 21.1. The van der Waals surface area contributed by atoms with Crippen molar-refractivity contribution in [2.24, 2.45) is 5.92 Å². The number of methoxy groups -OCH3 is 1. The highest BCUT2D eigenvalue weighted by Crippen LogP contribution is 2.25. The van der Waals surface area contributed by atoms with Crippen molar-refractivity contribution >= 4 is 11.8 Å². The summed E-state index contributed by atoms with van der Waals surface area (Å²) in [5.74, 6) is -0.819. The van der Waals surface area contributed by atoms with Gasteiger partial charge in [0.2, 0.25) is 0 Å². The zero-order valence-electron chi connectivity index (χ0n) is 16.9. The fourth-order valence-corrected chi connectivity index (χ4v) is 4.01. The number of aryl methyl sites for hydroxylation is 1. The molecule has 0 saturated carbocycles. The minimum absolute atomic E-state index is 0.0275. The Hall–Kier alpha value is -2.94. The zero-order valence-corrected chi connectivity index (χ0v) is 16.9. The van der Waals surface area contributed by atoms with Crippen LogP contribution in [0.5, 0.6) is 5.75 Å². The van der Waals surface area contributed by atoms with Crippen LogP contribution in [0.15, 0.2) is 24.4 Å². The summed E-state index contributed by atoms with van der Waals surface area (Å²) in [5.41, 5.74) is 1.41. The Morgan fingerprint density at radius 3 is 2.87 bits per heavy atom. The van der Waals surface area contributed by atoms with E-state index < -0.39 is 11.7 Å². The first-order chi connectivity index (χ1) is 14.6. The third-order valence-corrected chi connectivity index (χ3v) is 5.68. The molecule has 4 rings (SSSR count). The quantitative estimate of drug-likeness (QED) is 0.798. The molecule has 1 fully saturated rings. The van der Waals surface area contributed by atoms with Gasteiger partial charge in [0.1, 0.15) is 17.1 Å². The summed E-state index contributed by atoms with van der Waals surface area (Å²) in [6.07, 6.45) is 3.08. The first kappa shape index (κ1) is 20.3. The van der Waals surface area contributed by atoms with Gasteiger partial charge in [-0.1, -0.05) is 6.07 Å². The van der Waals surface area contributed by atoms with E-state index in [1.165, 1.54) is 19.2 Å². The van der Waals surface area contributed by atoms with Gasteiger partial charge >= 0.3 is 0 Å². The number of morpholine rings is 1. The van der Waals surface area contributed by atoms with Gasteiger partial charge < -0.3 is 19.7 Å². The minimum Gasteiger partial charge on any atom is -0.496 e. The number of ether oxygens (including phenoxy) is 2. The standard InChI is InChI=1S/C21H25FN4O4/c1-29-18-4-2-3-16(22)19(18)20(27)23-12-14-5-6-26-17(11-14)15(13-24-26)21(28)25-7-9-30-10-8-25/h2-4,13-14H,5-12H2,1H3,(H,23,27). The second kappa shape index (κ2) is 8.83. The lowest BCUT2D eigenvalue weighted by Gasteiger charge is -2.28. The van der Waals surface area contributed by atoms with E-state index in [1.807, 2.05) is 4.68 Å². The Labute approximate surface area is 173 Å². The molecule has 1 aromatic heterocycles. The summed E-state index contributed by atoms with van der Waals surface area (Å²) >= 11 is 0. The molecule has 160 valence electrons. The van der Waals surface area contributed by atoms with E-state index in [1.54, 1.807) is 17.2 Å². The Balaban J connectivity index is 1.42. The molecule has 1 unspecified atom stereocenters. The number of carbonyl (C=O) groups excluding carboxylic acids is 2. The van der Waals surface area contributed by atoms with Gasteiger partial charge in [0.15, 0.2) is 0 Å². The number of aromatic nitrogens is 2. The second-order valence-corrected chi connectivity index (χ2v) is 7.52. The molecule has 30 heavy (non-hydrogen) atoms. The van der Waals surface area contributed by atoms with Gasteiger partial charge in [0, 0.05) is 26.2 Å². The number of halogens is 1. The van der Waals surface area contributed by atoms with Crippen LogP contribution in [0, 0.1) is 11.7 Å². The number of amides is 2. The number of benzene rings is 1. The van der Waals surface area contributed by atoms with Gasteiger partial charge in [0.05, 0.1) is 37.8 Å². The number of carbonyl (C=O) groups is 2. The van der Waals surface area contributed by atoms with Crippen molar-refractivity contribution in [2.45, 2.75) is 19.4 Å². The van der Waals surface area contributed by atoms with Gasteiger partial charge in [0.25, 0.3) is 11.8 Å². The Morgan fingerprint density at radius 2 is 2.10 bits per heavy atom. The fraction of sp³-hybridized carbons (Fsp3) is 0.476. The predicted octanol–water partition coefficient (Wildman–Crippen LogP) is 1.50. The number of hydrogen-bond acceptors (Lipinski definition) is 5. The normalized spacial score (nSPS) is 18.6.